The number of para-hydroxylation sites is 1. The number of unbranched alkanes of at least 4 members (excludes halogenated alkanes) is 5. The molecular weight excluding hydrogens is 298 g/mol. The number of hydrogen-bond donors (Lipinski definition) is 1. The van der Waals surface area contributed by atoms with E-state index in [1.54, 1.807) is 7.11 Å². The zero-order valence-electron chi connectivity index (χ0n) is 16.4. The van der Waals surface area contributed by atoms with Gasteiger partial charge in [0.15, 0.2) is 11.5 Å². The lowest BCUT2D eigenvalue weighted by Gasteiger charge is -2.20. The Morgan fingerprint density at radius 2 is 1.71 bits per heavy atom. The molecule has 1 aromatic rings. The molecule has 1 aromatic carbocycles. The van der Waals surface area contributed by atoms with Crippen molar-refractivity contribution in [1.29, 1.82) is 0 Å². The molecule has 138 valence electrons. The van der Waals surface area contributed by atoms with Crippen LogP contribution in [0.2, 0.25) is 0 Å². The van der Waals surface area contributed by atoms with Gasteiger partial charge in [0.25, 0.3) is 0 Å². The van der Waals surface area contributed by atoms with E-state index < -0.39 is 0 Å². The fourth-order valence-electron chi connectivity index (χ4n) is 2.65. The Bertz CT molecular complexity index is 452. The Balaban J connectivity index is 2.50. The maximum Gasteiger partial charge on any atom is 0.165 e. The fourth-order valence-corrected chi connectivity index (χ4v) is 2.65. The first-order chi connectivity index (χ1) is 11.5. The van der Waals surface area contributed by atoms with Crippen LogP contribution in [0.1, 0.15) is 71.8 Å². The highest BCUT2D eigenvalue weighted by Gasteiger charge is 2.13. The van der Waals surface area contributed by atoms with Crippen LogP contribution < -0.4 is 14.8 Å². The lowest BCUT2D eigenvalue weighted by molar-refractivity contribution is 0.280. The van der Waals surface area contributed by atoms with Gasteiger partial charge in [-0.05, 0) is 17.9 Å². The smallest absolute Gasteiger partial charge is 0.165 e. The van der Waals surface area contributed by atoms with E-state index in [1.807, 2.05) is 12.1 Å². The highest BCUT2D eigenvalue weighted by molar-refractivity contribution is 5.46. The number of ether oxygens (including phenoxy) is 2. The molecule has 0 amide bonds. The predicted molar refractivity (Wildman–Crippen MR) is 103 cm³/mol. The summed E-state index contributed by atoms with van der Waals surface area (Å²) in [6, 6.07) is 6.13. The predicted octanol–water partition coefficient (Wildman–Crippen LogP) is 5.57. The number of hydrogen-bond acceptors (Lipinski definition) is 3. The monoisotopic (exact) mass is 335 g/mol. The van der Waals surface area contributed by atoms with Crippen molar-refractivity contribution in [3.05, 3.63) is 23.8 Å². The third-order valence-electron chi connectivity index (χ3n) is 4.00. The zero-order valence-corrected chi connectivity index (χ0v) is 16.4. The third kappa shape index (κ3) is 8.58. The molecule has 3 nitrogen and oxygen atoms in total. The minimum Gasteiger partial charge on any atom is -0.493 e. The van der Waals surface area contributed by atoms with Crippen molar-refractivity contribution >= 4 is 0 Å². The number of methoxy groups -OCH3 is 1. The van der Waals surface area contributed by atoms with Crippen LogP contribution in [-0.4, -0.2) is 20.3 Å². The molecule has 0 unspecified atom stereocenters. The van der Waals surface area contributed by atoms with Crippen molar-refractivity contribution in [2.45, 2.75) is 72.8 Å². The first-order valence-electron chi connectivity index (χ1n) is 9.47. The molecule has 24 heavy (non-hydrogen) atoms. The Hall–Kier alpha value is -1.22. The summed E-state index contributed by atoms with van der Waals surface area (Å²) in [5.74, 6) is 1.73. The molecule has 0 aliphatic carbocycles. The molecule has 1 rings (SSSR count). The van der Waals surface area contributed by atoms with Crippen LogP contribution in [0.15, 0.2) is 18.2 Å². The number of nitrogens with one attached hydrogen (secondary N) is 1. The van der Waals surface area contributed by atoms with Crippen LogP contribution in [-0.2, 0) is 6.54 Å². The first kappa shape index (κ1) is 20.8. The first-order valence-corrected chi connectivity index (χ1v) is 9.47. The molecule has 0 heterocycles. The van der Waals surface area contributed by atoms with Crippen molar-refractivity contribution < 1.29 is 9.47 Å². The summed E-state index contributed by atoms with van der Waals surface area (Å²) in [6.45, 7) is 11.5. The maximum atomic E-state index is 6.08. The topological polar surface area (TPSA) is 30.5 Å². The summed E-state index contributed by atoms with van der Waals surface area (Å²) < 4.78 is 11.6. The maximum absolute atomic E-state index is 6.08. The minimum atomic E-state index is 0.276. The molecule has 0 saturated heterocycles. The molecule has 1 N–H and O–H groups in total. The van der Waals surface area contributed by atoms with Gasteiger partial charge < -0.3 is 14.8 Å². The lowest BCUT2D eigenvalue weighted by Crippen LogP contribution is -2.26. The van der Waals surface area contributed by atoms with Gasteiger partial charge in [-0.15, -0.1) is 0 Å². The van der Waals surface area contributed by atoms with Crippen LogP contribution in [0.25, 0.3) is 0 Å². The highest BCUT2D eigenvalue weighted by Crippen LogP contribution is 2.31. The lowest BCUT2D eigenvalue weighted by atomic mass is 9.97. The Morgan fingerprint density at radius 1 is 1.00 bits per heavy atom. The molecule has 0 fully saturated rings. The molecule has 0 aromatic heterocycles. The summed E-state index contributed by atoms with van der Waals surface area (Å²) in [5, 5.41) is 3.52. The Morgan fingerprint density at radius 3 is 2.38 bits per heavy atom. The average molecular weight is 336 g/mol. The third-order valence-corrected chi connectivity index (χ3v) is 4.00. The van der Waals surface area contributed by atoms with Crippen LogP contribution in [0.3, 0.4) is 0 Å². The van der Waals surface area contributed by atoms with Gasteiger partial charge in [-0.2, -0.15) is 0 Å². The molecule has 0 radical (unpaired) electrons. The average Bonchev–Trinajstić information content (AvgIpc) is 2.53. The van der Waals surface area contributed by atoms with Gasteiger partial charge in [0.1, 0.15) is 0 Å². The van der Waals surface area contributed by atoms with Gasteiger partial charge in [-0.25, -0.2) is 0 Å². The van der Waals surface area contributed by atoms with Crippen LogP contribution in [0, 0.1) is 5.41 Å². The van der Waals surface area contributed by atoms with Crippen molar-refractivity contribution in [3.63, 3.8) is 0 Å². The van der Waals surface area contributed by atoms with Crippen LogP contribution >= 0.6 is 0 Å². The summed E-state index contributed by atoms with van der Waals surface area (Å²) in [4.78, 5) is 0. The van der Waals surface area contributed by atoms with Crippen molar-refractivity contribution in [2.24, 2.45) is 5.41 Å². The van der Waals surface area contributed by atoms with Crippen LogP contribution in [0.5, 0.6) is 11.5 Å². The van der Waals surface area contributed by atoms with E-state index in [1.165, 1.54) is 37.7 Å². The molecule has 0 atom stereocenters. The summed E-state index contributed by atoms with van der Waals surface area (Å²) in [7, 11) is 1.71. The van der Waals surface area contributed by atoms with E-state index in [4.69, 9.17) is 9.47 Å². The standard InChI is InChI=1S/C21H37NO2/c1-6-7-8-9-10-11-15-24-20-18(13-12-14-19(20)23-5)16-22-17-21(2,3)4/h12-14,22H,6-11,15-17H2,1-5H3. The Kier molecular flexibility index (Phi) is 9.85. The summed E-state index contributed by atoms with van der Waals surface area (Å²) in [5.41, 5.74) is 1.45. The normalized spacial score (nSPS) is 11.5. The van der Waals surface area contributed by atoms with Gasteiger partial charge in [0.2, 0.25) is 0 Å². The number of benzene rings is 1. The van der Waals surface area contributed by atoms with E-state index in [9.17, 15) is 0 Å². The van der Waals surface area contributed by atoms with Gasteiger partial charge in [0, 0.05) is 18.7 Å². The van der Waals surface area contributed by atoms with Gasteiger partial charge in [-0.1, -0.05) is 71.9 Å². The van der Waals surface area contributed by atoms with Crippen molar-refractivity contribution in [2.75, 3.05) is 20.3 Å². The number of rotatable bonds is 12. The van der Waals surface area contributed by atoms with Crippen molar-refractivity contribution in [3.8, 4) is 11.5 Å². The van der Waals surface area contributed by atoms with E-state index >= 15 is 0 Å². The fraction of sp³-hybridized carbons (Fsp3) is 0.714. The van der Waals surface area contributed by atoms with E-state index in [0.717, 1.165) is 37.6 Å². The Labute approximate surface area is 149 Å². The van der Waals surface area contributed by atoms with Gasteiger partial charge in [-0.3, -0.25) is 0 Å². The minimum absolute atomic E-state index is 0.276. The molecule has 0 bridgehead atoms. The highest BCUT2D eigenvalue weighted by atomic mass is 16.5. The largest absolute Gasteiger partial charge is 0.493 e. The van der Waals surface area contributed by atoms with Gasteiger partial charge >= 0.3 is 0 Å². The molecule has 0 aliphatic rings. The van der Waals surface area contributed by atoms with Gasteiger partial charge in [0.05, 0.1) is 13.7 Å². The second-order valence-corrected chi connectivity index (χ2v) is 7.73. The molecule has 0 spiro atoms. The second kappa shape index (κ2) is 11.4. The quantitative estimate of drug-likeness (QED) is 0.506. The molecule has 0 aliphatic heterocycles. The molecular formula is C21H37NO2. The second-order valence-electron chi connectivity index (χ2n) is 7.73. The summed E-state index contributed by atoms with van der Waals surface area (Å²) in [6.07, 6.45) is 7.64. The molecule has 0 saturated carbocycles. The van der Waals surface area contributed by atoms with E-state index in [-0.39, 0.29) is 5.41 Å². The zero-order chi connectivity index (χ0) is 17.8. The molecule has 3 heteroatoms. The summed E-state index contributed by atoms with van der Waals surface area (Å²) >= 11 is 0. The van der Waals surface area contributed by atoms with E-state index in [0.29, 0.717) is 0 Å². The van der Waals surface area contributed by atoms with Crippen molar-refractivity contribution in [1.82, 2.24) is 5.32 Å². The van der Waals surface area contributed by atoms with Crippen LogP contribution in [0.4, 0.5) is 0 Å². The van der Waals surface area contributed by atoms with E-state index in [2.05, 4.69) is 39.1 Å². The SMILES string of the molecule is CCCCCCCCOc1c(CNCC(C)(C)C)cccc1OC.